The summed E-state index contributed by atoms with van der Waals surface area (Å²) in [5, 5.41) is 10.3. The van der Waals surface area contributed by atoms with E-state index >= 15 is 0 Å². The topological polar surface area (TPSA) is 20.2 Å². The summed E-state index contributed by atoms with van der Waals surface area (Å²) in [5.41, 5.74) is 1.72. The van der Waals surface area contributed by atoms with Gasteiger partial charge in [0, 0.05) is 10.9 Å². The summed E-state index contributed by atoms with van der Waals surface area (Å²) in [5.74, 6) is 0. The number of benzene rings is 2. The maximum Gasteiger partial charge on any atom is 0.416 e. The molecule has 0 bridgehead atoms. The maximum absolute atomic E-state index is 12.5. The van der Waals surface area contributed by atoms with Gasteiger partial charge in [-0.05, 0) is 36.2 Å². The Kier molecular flexibility index (Phi) is 4.74. The minimum absolute atomic E-state index is 0.264. The van der Waals surface area contributed by atoms with Crippen LogP contribution in [0.2, 0.25) is 0 Å². The number of aryl methyl sites for hydroxylation is 1. The lowest BCUT2D eigenvalue weighted by Gasteiger charge is -2.14. The quantitative estimate of drug-likeness (QED) is 0.813. The zero-order chi connectivity index (χ0) is 15.6. The maximum atomic E-state index is 12.5. The molecule has 0 heterocycles. The Morgan fingerprint density at radius 1 is 1.10 bits per heavy atom. The predicted octanol–water partition coefficient (Wildman–Crippen LogP) is 5.05. The number of alkyl halides is 3. The molecule has 2 rings (SSSR count). The second kappa shape index (κ2) is 6.20. The molecule has 0 aliphatic carbocycles. The Bertz CT molecular complexity index is 620. The fourth-order valence-electron chi connectivity index (χ4n) is 2.08. The van der Waals surface area contributed by atoms with Crippen molar-refractivity contribution >= 4 is 15.9 Å². The molecule has 0 saturated carbocycles. The van der Waals surface area contributed by atoms with Gasteiger partial charge in [-0.25, -0.2) is 0 Å². The van der Waals surface area contributed by atoms with E-state index in [1.165, 1.54) is 12.1 Å². The Balaban J connectivity index is 2.16. The second-order valence-corrected chi connectivity index (χ2v) is 5.79. The fraction of sp³-hybridized carbons (Fsp3) is 0.250. The first-order chi connectivity index (χ1) is 9.77. The molecular weight excluding hydrogens is 345 g/mol. The minimum Gasteiger partial charge on any atom is -0.388 e. The van der Waals surface area contributed by atoms with Crippen LogP contribution in [-0.2, 0) is 12.6 Å². The van der Waals surface area contributed by atoms with Gasteiger partial charge >= 0.3 is 6.18 Å². The van der Waals surface area contributed by atoms with Crippen molar-refractivity contribution in [2.45, 2.75) is 25.6 Å². The molecule has 0 spiro atoms. The van der Waals surface area contributed by atoms with Crippen LogP contribution in [0.15, 0.2) is 46.9 Å². The van der Waals surface area contributed by atoms with Gasteiger partial charge in [-0.15, -0.1) is 0 Å². The number of hydrogen-bond acceptors (Lipinski definition) is 1. The first-order valence-corrected chi connectivity index (χ1v) is 7.17. The zero-order valence-corrected chi connectivity index (χ0v) is 12.9. The fourth-order valence-corrected chi connectivity index (χ4v) is 2.59. The third kappa shape index (κ3) is 4.08. The van der Waals surface area contributed by atoms with Gasteiger partial charge in [-0.2, -0.15) is 13.2 Å². The lowest BCUT2D eigenvalue weighted by Crippen LogP contribution is -2.06. The van der Waals surface area contributed by atoms with Crippen molar-refractivity contribution in [1.29, 1.82) is 0 Å². The largest absolute Gasteiger partial charge is 0.416 e. The van der Waals surface area contributed by atoms with Crippen LogP contribution in [0.3, 0.4) is 0 Å². The van der Waals surface area contributed by atoms with Crippen molar-refractivity contribution in [2.24, 2.45) is 0 Å². The molecule has 0 aromatic heterocycles. The molecule has 112 valence electrons. The van der Waals surface area contributed by atoms with Gasteiger partial charge in [-0.1, -0.05) is 45.8 Å². The molecule has 2 aromatic rings. The first-order valence-electron chi connectivity index (χ1n) is 6.37. The van der Waals surface area contributed by atoms with Crippen LogP contribution in [-0.4, -0.2) is 5.11 Å². The molecule has 0 saturated heterocycles. The Morgan fingerprint density at radius 2 is 1.71 bits per heavy atom. The molecule has 0 fully saturated rings. The number of aliphatic hydroxyl groups excluding tert-OH is 1. The molecule has 0 aliphatic heterocycles. The minimum atomic E-state index is -4.34. The number of rotatable bonds is 3. The summed E-state index contributed by atoms with van der Waals surface area (Å²) in [6, 6.07) is 10.5. The highest BCUT2D eigenvalue weighted by molar-refractivity contribution is 9.10. The zero-order valence-electron chi connectivity index (χ0n) is 11.3. The van der Waals surface area contributed by atoms with E-state index in [1.54, 1.807) is 0 Å². The van der Waals surface area contributed by atoms with Crippen LogP contribution in [0.25, 0.3) is 0 Å². The third-order valence-electron chi connectivity index (χ3n) is 3.22. The molecule has 0 radical (unpaired) electrons. The molecule has 5 heteroatoms. The van der Waals surface area contributed by atoms with E-state index in [0.717, 1.165) is 27.7 Å². The monoisotopic (exact) mass is 358 g/mol. The standard InChI is InChI=1S/C16H14BrF3O/c1-10-2-7-14(17)13(8-10)15(21)9-11-3-5-12(6-4-11)16(18,19)20/h2-8,15,21H,9H2,1H3. The molecule has 0 amide bonds. The van der Waals surface area contributed by atoms with Gasteiger partial charge in [0.1, 0.15) is 0 Å². The summed E-state index contributed by atoms with van der Waals surface area (Å²) >= 11 is 3.37. The van der Waals surface area contributed by atoms with E-state index in [1.807, 2.05) is 25.1 Å². The van der Waals surface area contributed by atoms with Gasteiger partial charge < -0.3 is 5.11 Å². The van der Waals surface area contributed by atoms with Crippen molar-refractivity contribution in [1.82, 2.24) is 0 Å². The van der Waals surface area contributed by atoms with Crippen LogP contribution in [0.1, 0.15) is 28.4 Å². The molecule has 0 aliphatic rings. The lowest BCUT2D eigenvalue weighted by molar-refractivity contribution is -0.137. The smallest absolute Gasteiger partial charge is 0.388 e. The molecular formula is C16H14BrF3O. The van der Waals surface area contributed by atoms with E-state index in [9.17, 15) is 18.3 Å². The molecule has 1 N–H and O–H groups in total. The molecule has 21 heavy (non-hydrogen) atoms. The van der Waals surface area contributed by atoms with Crippen molar-refractivity contribution in [3.8, 4) is 0 Å². The van der Waals surface area contributed by atoms with Gasteiger partial charge in [-0.3, -0.25) is 0 Å². The molecule has 2 aromatic carbocycles. The predicted molar refractivity (Wildman–Crippen MR) is 79.0 cm³/mol. The van der Waals surface area contributed by atoms with E-state index < -0.39 is 17.8 Å². The highest BCUT2D eigenvalue weighted by Gasteiger charge is 2.30. The molecule has 1 atom stereocenters. The average molecular weight is 359 g/mol. The van der Waals surface area contributed by atoms with E-state index in [-0.39, 0.29) is 6.42 Å². The van der Waals surface area contributed by atoms with Crippen LogP contribution in [0.4, 0.5) is 13.2 Å². The van der Waals surface area contributed by atoms with Gasteiger partial charge in [0.05, 0.1) is 11.7 Å². The van der Waals surface area contributed by atoms with Crippen molar-refractivity contribution in [2.75, 3.05) is 0 Å². The van der Waals surface area contributed by atoms with Crippen LogP contribution < -0.4 is 0 Å². The van der Waals surface area contributed by atoms with Crippen LogP contribution in [0.5, 0.6) is 0 Å². The Labute approximate surface area is 129 Å². The van der Waals surface area contributed by atoms with Crippen molar-refractivity contribution < 1.29 is 18.3 Å². The number of hydrogen-bond donors (Lipinski definition) is 1. The van der Waals surface area contributed by atoms with Crippen molar-refractivity contribution in [3.63, 3.8) is 0 Å². The van der Waals surface area contributed by atoms with E-state index in [0.29, 0.717) is 5.56 Å². The summed E-state index contributed by atoms with van der Waals surface area (Å²) in [6.45, 7) is 1.92. The molecule has 1 unspecified atom stereocenters. The summed E-state index contributed by atoms with van der Waals surface area (Å²) in [4.78, 5) is 0. The van der Waals surface area contributed by atoms with Gasteiger partial charge in [0.25, 0.3) is 0 Å². The number of halogens is 4. The molecule has 1 nitrogen and oxygen atoms in total. The summed E-state index contributed by atoms with van der Waals surface area (Å²) < 4.78 is 38.3. The van der Waals surface area contributed by atoms with Crippen molar-refractivity contribution in [3.05, 3.63) is 69.2 Å². The number of aliphatic hydroxyl groups is 1. The van der Waals surface area contributed by atoms with E-state index in [4.69, 9.17) is 0 Å². The Hall–Kier alpha value is -1.33. The van der Waals surface area contributed by atoms with Crippen LogP contribution in [0, 0.1) is 6.92 Å². The highest BCUT2D eigenvalue weighted by atomic mass is 79.9. The third-order valence-corrected chi connectivity index (χ3v) is 3.94. The first kappa shape index (κ1) is 16.0. The average Bonchev–Trinajstić information content (AvgIpc) is 2.41. The Morgan fingerprint density at radius 3 is 2.29 bits per heavy atom. The SMILES string of the molecule is Cc1ccc(Br)c(C(O)Cc2ccc(C(F)(F)F)cc2)c1. The van der Waals surface area contributed by atoms with Crippen LogP contribution >= 0.6 is 15.9 Å². The van der Waals surface area contributed by atoms with Gasteiger partial charge in [0.15, 0.2) is 0 Å². The van der Waals surface area contributed by atoms with Gasteiger partial charge in [0.2, 0.25) is 0 Å². The second-order valence-electron chi connectivity index (χ2n) is 4.94. The van der Waals surface area contributed by atoms with E-state index in [2.05, 4.69) is 15.9 Å². The summed E-state index contributed by atoms with van der Waals surface area (Å²) in [7, 11) is 0. The normalized spacial score (nSPS) is 13.2. The summed E-state index contributed by atoms with van der Waals surface area (Å²) in [6.07, 6.45) is -4.84. The lowest BCUT2D eigenvalue weighted by atomic mass is 9.99. The highest BCUT2D eigenvalue weighted by Crippen LogP contribution is 2.31.